The molecule has 2 aromatic rings. The third-order valence-corrected chi connectivity index (χ3v) is 4.59. The minimum atomic E-state index is 0.101. The van der Waals surface area contributed by atoms with Crippen molar-refractivity contribution in [3.63, 3.8) is 0 Å². The fourth-order valence-electron chi connectivity index (χ4n) is 2.78. The summed E-state index contributed by atoms with van der Waals surface area (Å²) in [5, 5.41) is 3.18. The summed E-state index contributed by atoms with van der Waals surface area (Å²) < 4.78 is 0. The number of thiazole rings is 1. The van der Waals surface area contributed by atoms with E-state index in [2.05, 4.69) is 34.0 Å². The van der Waals surface area contributed by atoms with Crippen LogP contribution in [0, 0.1) is 6.92 Å². The van der Waals surface area contributed by atoms with Gasteiger partial charge in [0.1, 0.15) is 0 Å². The summed E-state index contributed by atoms with van der Waals surface area (Å²) in [5.74, 6) is 5.69. The standard InChI is InChI=1S/C15H19N3S/c1-10-17-15(9-19-10)14(18-16)8-11-5-6-12-3-2-4-13(12)7-11/h5-7,9,14,18H,2-4,8,16H2,1H3. The molecule has 100 valence electrons. The van der Waals surface area contributed by atoms with Gasteiger partial charge in [-0.15, -0.1) is 11.3 Å². The zero-order valence-electron chi connectivity index (χ0n) is 11.1. The molecule has 1 aromatic heterocycles. The van der Waals surface area contributed by atoms with Crippen LogP contribution in [0.2, 0.25) is 0 Å². The predicted molar refractivity (Wildman–Crippen MR) is 79.1 cm³/mol. The van der Waals surface area contributed by atoms with Gasteiger partial charge in [-0.2, -0.15) is 0 Å². The first kappa shape index (κ1) is 12.8. The average Bonchev–Trinajstić information content (AvgIpc) is 3.04. The van der Waals surface area contributed by atoms with Crippen LogP contribution < -0.4 is 11.3 Å². The van der Waals surface area contributed by atoms with Crippen LogP contribution in [0.3, 0.4) is 0 Å². The second-order valence-corrected chi connectivity index (χ2v) is 6.23. The quantitative estimate of drug-likeness (QED) is 0.665. The molecule has 3 N–H and O–H groups in total. The normalized spacial score (nSPS) is 15.5. The van der Waals surface area contributed by atoms with Crippen LogP contribution in [0.15, 0.2) is 23.6 Å². The summed E-state index contributed by atoms with van der Waals surface area (Å²) in [6.07, 6.45) is 4.65. The van der Waals surface area contributed by atoms with E-state index < -0.39 is 0 Å². The molecular weight excluding hydrogens is 254 g/mol. The van der Waals surface area contributed by atoms with Gasteiger partial charge in [-0.3, -0.25) is 11.3 Å². The van der Waals surface area contributed by atoms with Crippen LogP contribution in [0.1, 0.15) is 39.9 Å². The Morgan fingerprint density at radius 3 is 2.95 bits per heavy atom. The molecule has 0 saturated carbocycles. The molecule has 1 aliphatic rings. The summed E-state index contributed by atoms with van der Waals surface area (Å²) in [6.45, 7) is 2.02. The molecule has 0 bridgehead atoms. The highest BCUT2D eigenvalue weighted by Crippen LogP contribution is 2.25. The number of hydrazine groups is 1. The fourth-order valence-corrected chi connectivity index (χ4v) is 3.44. The SMILES string of the molecule is Cc1nc(C(Cc2ccc3c(c2)CCC3)NN)cs1. The lowest BCUT2D eigenvalue weighted by Crippen LogP contribution is -2.29. The minimum Gasteiger partial charge on any atom is -0.271 e. The van der Waals surface area contributed by atoms with Gasteiger partial charge in [0, 0.05) is 5.38 Å². The van der Waals surface area contributed by atoms with Gasteiger partial charge in [-0.25, -0.2) is 4.98 Å². The first-order valence-corrected chi connectivity index (χ1v) is 7.63. The summed E-state index contributed by atoms with van der Waals surface area (Å²) >= 11 is 1.67. The number of hydrogen-bond acceptors (Lipinski definition) is 4. The van der Waals surface area contributed by atoms with Crippen molar-refractivity contribution in [2.45, 2.75) is 38.6 Å². The van der Waals surface area contributed by atoms with Crippen molar-refractivity contribution in [2.75, 3.05) is 0 Å². The van der Waals surface area contributed by atoms with E-state index in [0.29, 0.717) is 0 Å². The van der Waals surface area contributed by atoms with Crippen LogP contribution in [0.25, 0.3) is 0 Å². The lowest BCUT2D eigenvalue weighted by molar-refractivity contribution is 0.540. The molecular formula is C15H19N3S. The number of fused-ring (bicyclic) bond motifs is 1. The molecule has 1 heterocycles. The van der Waals surface area contributed by atoms with Crippen molar-refractivity contribution in [2.24, 2.45) is 5.84 Å². The fraction of sp³-hybridized carbons (Fsp3) is 0.400. The van der Waals surface area contributed by atoms with Gasteiger partial charge in [0.25, 0.3) is 0 Å². The summed E-state index contributed by atoms with van der Waals surface area (Å²) in [7, 11) is 0. The Hall–Kier alpha value is -1.23. The predicted octanol–water partition coefficient (Wildman–Crippen LogP) is 2.69. The first-order chi connectivity index (χ1) is 9.26. The highest BCUT2D eigenvalue weighted by molar-refractivity contribution is 7.09. The zero-order valence-corrected chi connectivity index (χ0v) is 12.0. The van der Waals surface area contributed by atoms with Gasteiger partial charge in [0.05, 0.1) is 16.7 Å². The molecule has 0 fully saturated rings. The topological polar surface area (TPSA) is 50.9 Å². The molecule has 4 heteroatoms. The second-order valence-electron chi connectivity index (χ2n) is 5.17. The number of aryl methyl sites for hydroxylation is 3. The third-order valence-electron chi connectivity index (χ3n) is 3.80. The Morgan fingerprint density at radius 2 is 2.21 bits per heavy atom. The first-order valence-electron chi connectivity index (χ1n) is 6.75. The molecule has 0 saturated heterocycles. The van der Waals surface area contributed by atoms with E-state index >= 15 is 0 Å². The monoisotopic (exact) mass is 273 g/mol. The molecule has 0 radical (unpaired) electrons. The molecule has 1 aliphatic carbocycles. The smallest absolute Gasteiger partial charge is 0.0898 e. The van der Waals surface area contributed by atoms with Crippen molar-refractivity contribution < 1.29 is 0 Å². The van der Waals surface area contributed by atoms with Gasteiger partial charge in [0.15, 0.2) is 0 Å². The number of rotatable bonds is 4. The molecule has 1 aromatic carbocycles. The second kappa shape index (κ2) is 5.41. The largest absolute Gasteiger partial charge is 0.271 e. The van der Waals surface area contributed by atoms with E-state index in [4.69, 9.17) is 5.84 Å². The van der Waals surface area contributed by atoms with Crippen molar-refractivity contribution in [1.29, 1.82) is 0 Å². The number of nitrogens with zero attached hydrogens (tertiary/aromatic N) is 1. The maximum atomic E-state index is 5.69. The van der Waals surface area contributed by atoms with Gasteiger partial charge in [-0.05, 0) is 49.3 Å². The van der Waals surface area contributed by atoms with Crippen LogP contribution in [0.5, 0.6) is 0 Å². The van der Waals surface area contributed by atoms with E-state index in [1.807, 2.05) is 6.92 Å². The number of nitrogens with one attached hydrogen (secondary N) is 1. The molecule has 0 aliphatic heterocycles. The van der Waals surface area contributed by atoms with Crippen LogP contribution in [0.4, 0.5) is 0 Å². The summed E-state index contributed by atoms with van der Waals surface area (Å²) in [4.78, 5) is 4.53. The highest BCUT2D eigenvalue weighted by atomic mass is 32.1. The van der Waals surface area contributed by atoms with Gasteiger partial charge in [-0.1, -0.05) is 18.2 Å². The molecule has 1 atom stereocenters. The van der Waals surface area contributed by atoms with Gasteiger partial charge < -0.3 is 0 Å². The third kappa shape index (κ3) is 2.71. The van der Waals surface area contributed by atoms with Gasteiger partial charge >= 0.3 is 0 Å². The van der Waals surface area contributed by atoms with Crippen molar-refractivity contribution in [1.82, 2.24) is 10.4 Å². The van der Waals surface area contributed by atoms with Crippen LogP contribution in [-0.4, -0.2) is 4.98 Å². The van der Waals surface area contributed by atoms with E-state index in [-0.39, 0.29) is 6.04 Å². The van der Waals surface area contributed by atoms with E-state index in [1.54, 1.807) is 11.3 Å². The number of benzene rings is 1. The Labute approximate surface area is 117 Å². The van der Waals surface area contributed by atoms with Crippen molar-refractivity contribution in [3.8, 4) is 0 Å². The van der Waals surface area contributed by atoms with E-state index in [0.717, 1.165) is 17.1 Å². The Balaban J connectivity index is 1.79. The lowest BCUT2D eigenvalue weighted by atomic mass is 10.00. The summed E-state index contributed by atoms with van der Waals surface area (Å²) in [5.41, 5.74) is 8.32. The number of nitrogens with two attached hydrogens (primary N) is 1. The lowest BCUT2D eigenvalue weighted by Gasteiger charge is -2.14. The summed E-state index contributed by atoms with van der Waals surface area (Å²) in [6, 6.07) is 6.95. The highest BCUT2D eigenvalue weighted by Gasteiger charge is 2.16. The average molecular weight is 273 g/mol. The van der Waals surface area contributed by atoms with E-state index in [1.165, 1.54) is 36.0 Å². The molecule has 19 heavy (non-hydrogen) atoms. The molecule has 3 rings (SSSR count). The number of hydrogen-bond donors (Lipinski definition) is 2. The molecule has 0 spiro atoms. The maximum absolute atomic E-state index is 5.69. The Kier molecular flexibility index (Phi) is 3.64. The minimum absolute atomic E-state index is 0.101. The van der Waals surface area contributed by atoms with Crippen LogP contribution in [-0.2, 0) is 19.3 Å². The molecule has 3 nitrogen and oxygen atoms in total. The van der Waals surface area contributed by atoms with Crippen molar-refractivity contribution >= 4 is 11.3 Å². The molecule has 1 unspecified atom stereocenters. The number of aromatic nitrogens is 1. The Bertz CT molecular complexity index is 577. The molecule has 0 amide bonds. The maximum Gasteiger partial charge on any atom is 0.0898 e. The van der Waals surface area contributed by atoms with Crippen molar-refractivity contribution in [3.05, 3.63) is 51.0 Å². The van der Waals surface area contributed by atoms with Crippen LogP contribution >= 0.6 is 11.3 Å². The van der Waals surface area contributed by atoms with E-state index in [9.17, 15) is 0 Å². The van der Waals surface area contributed by atoms with Gasteiger partial charge in [0.2, 0.25) is 0 Å². The Morgan fingerprint density at radius 1 is 1.37 bits per heavy atom. The zero-order chi connectivity index (χ0) is 13.2.